The number of isocyanates is 1. The fraction of sp³-hybridized carbons (Fsp3) is 0.857. The molecule has 3 heteroatoms. The molecule has 0 spiro atoms. The first-order valence-electron chi connectivity index (χ1n) is 3.28. The van der Waals surface area contributed by atoms with Gasteiger partial charge >= 0.3 is 0 Å². The highest BCUT2D eigenvalue weighted by Gasteiger charge is 2.10. The van der Waals surface area contributed by atoms with Crippen LogP contribution >= 0.6 is 0 Å². The van der Waals surface area contributed by atoms with Crippen molar-refractivity contribution in [1.82, 2.24) is 0 Å². The van der Waals surface area contributed by atoms with Gasteiger partial charge in [0.15, 0.2) is 0 Å². The van der Waals surface area contributed by atoms with Crippen LogP contribution in [0.4, 0.5) is 0 Å². The van der Waals surface area contributed by atoms with Crippen LogP contribution in [0.2, 0.25) is 0 Å². The van der Waals surface area contributed by atoms with Gasteiger partial charge < -0.3 is 4.74 Å². The third kappa shape index (κ3) is 3.38. The number of carbonyl (C=O) groups excluding carboxylic acids is 1. The van der Waals surface area contributed by atoms with Crippen molar-refractivity contribution in [2.24, 2.45) is 10.9 Å². The molecule has 0 N–H and O–H groups in total. The first kappa shape index (κ1) is 9.34. The zero-order chi connectivity index (χ0) is 7.98. The van der Waals surface area contributed by atoms with E-state index in [4.69, 9.17) is 4.74 Å². The maximum Gasteiger partial charge on any atom is 0.235 e. The molecule has 0 heterocycles. The van der Waals surface area contributed by atoms with Gasteiger partial charge in [0, 0.05) is 7.11 Å². The van der Waals surface area contributed by atoms with E-state index in [1.807, 2.05) is 13.8 Å². The second-order valence-corrected chi connectivity index (χ2v) is 2.45. The van der Waals surface area contributed by atoms with Crippen molar-refractivity contribution in [1.29, 1.82) is 0 Å². The number of hydrogen-bond donors (Lipinski definition) is 0. The Bertz CT molecular complexity index is 128. The standard InChI is InChI=1S/C7H13NO2/c1-6(2)7(10-3)4-8-5-9/h6-7H,4H2,1-3H3. The fourth-order valence-electron chi connectivity index (χ4n) is 0.685. The first-order valence-corrected chi connectivity index (χ1v) is 3.28. The molecule has 0 radical (unpaired) electrons. The van der Waals surface area contributed by atoms with Crippen molar-refractivity contribution in [3.8, 4) is 0 Å². The summed E-state index contributed by atoms with van der Waals surface area (Å²) in [5, 5.41) is 0. The maximum atomic E-state index is 9.70. The van der Waals surface area contributed by atoms with Gasteiger partial charge in [-0.15, -0.1) is 0 Å². The fourth-order valence-corrected chi connectivity index (χ4v) is 0.685. The minimum atomic E-state index is 0.0430. The third-order valence-corrected chi connectivity index (χ3v) is 1.38. The van der Waals surface area contributed by atoms with Crippen molar-refractivity contribution in [3.05, 3.63) is 0 Å². The van der Waals surface area contributed by atoms with Crippen LogP contribution < -0.4 is 0 Å². The molecule has 0 aliphatic carbocycles. The molecule has 3 nitrogen and oxygen atoms in total. The second kappa shape index (κ2) is 5.15. The molecule has 10 heavy (non-hydrogen) atoms. The Kier molecular flexibility index (Phi) is 4.81. The van der Waals surface area contributed by atoms with E-state index in [9.17, 15) is 4.79 Å². The summed E-state index contributed by atoms with van der Waals surface area (Å²) in [7, 11) is 1.62. The summed E-state index contributed by atoms with van der Waals surface area (Å²) >= 11 is 0. The molecule has 0 bridgehead atoms. The monoisotopic (exact) mass is 143 g/mol. The minimum absolute atomic E-state index is 0.0430. The zero-order valence-corrected chi connectivity index (χ0v) is 6.63. The highest BCUT2D eigenvalue weighted by molar-refractivity contribution is 5.32. The molecule has 0 amide bonds. The summed E-state index contributed by atoms with van der Waals surface area (Å²) in [5.74, 6) is 0.391. The molecule has 1 atom stereocenters. The Morgan fingerprint density at radius 1 is 1.60 bits per heavy atom. The average molecular weight is 143 g/mol. The van der Waals surface area contributed by atoms with Crippen LogP contribution in [0.1, 0.15) is 13.8 Å². The molecular formula is C7H13NO2. The van der Waals surface area contributed by atoms with Crippen LogP contribution in [0.3, 0.4) is 0 Å². The van der Waals surface area contributed by atoms with Crippen LogP contribution in [0, 0.1) is 5.92 Å². The smallest absolute Gasteiger partial charge is 0.235 e. The number of nitrogens with zero attached hydrogens (tertiary/aromatic N) is 1. The van der Waals surface area contributed by atoms with Gasteiger partial charge in [-0.2, -0.15) is 0 Å². The Labute approximate surface area is 61.1 Å². The van der Waals surface area contributed by atoms with E-state index in [0.29, 0.717) is 12.5 Å². The highest BCUT2D eigenvalue weighted by Crippen LogP contribution is 2.04. The number of ether oxygens (including phenoxy) is 1. The molecule has 0 aliphatic heterocycles. The number of aliphatic imine (C=N–C) groups is 1. The normalized spacial score (nSPS) is 12.8. The molecule has 1 unspecified atom stereocenters. The van der Waals surface area contributed by atoms with Crippen LogP contribution in [0.5, 0.6) is 0 Å². The molecule has 0 fully saturated rings. The molecule has 0 aromatic carbocycles. The second-order valence-electron chi connectivity index (χ2n) is 2.45. The molecule has 0 saturated heterocycles. The quantitative estimate of drug-likeness (QED) is 0.435. The van der Waals surface area contributed by atoms with Gasteiger partial charge in [0.05, 0.1) is 12.6 Å². The predicted molar refractivity (Wildman–Crippen MR) is 38.6 cm³/mol. The Hall–Kier alpha value is -0.660. The lowest BCUT2D eigenvalue weighted by atomic mass is 10.1. The lowest BCUT2D eigenvalue weighted by Crippen LogP contribution is -2.21. The van der Waals surface area contributed by atoms with E-state index in [1.54, 1.807) is 7.11 Å². The van der Waals surface area contributed by atoms with Gasteiger partial charge in [0.2, 0.25) is 6.08 Å². The Balaban J connectivity index is 3.70. The summed E-state index contributed by atoms with van der Waals surface area (Å²) in [6, 6.07) is 0. The third-order valence-electron chi connectivity index (χ3n) is 1.38. The summed E-state index contributed by atoms with van der Waals surface area (Å²) in [5.41, 5.74) is 0. The first-order chi connectivity index (χ1) is 4.72. The van der Waals surface area contributed by atoms with E-state index >= 15 is 0 Å². The summed E-state index contributed by atoms with van der Waals surface area (Å²) in [6.45, 7) is 4.46. The maximum absolute atomic E-state index is 9.70. The van der Waals surface area contributed by atoms with Crippen molar-refractivity contribution in [2.75, 3.05) is 13.7 Å². The van der Waals surface area contributed by atoms with Gasteiger partial charge in [-0.3, -0.25) is 0 Å². The molecule has 0 saturated carbocycles. The Morgan fingerprint density at radius 2 is 2.20 bits per heavy atom. The lowest BCUT2D eigenvalue weighted by Gasteiger charge is -2.15. The van der Waals surface area contributed by atoms with Crippen LogP contribution in [-0.2, 0) is 9.53 Å². The van der Waals surface area contributed by atoms with Crippen LogP contribution in [0.25, 0.3) is 0 Å². The van der Waals surface area contributed by atoms with Gasteiger partial charge in [0.25, 0.3) is 0 Å². The molecule has 58 valence electrons. The van der Waals surface area contributed by atoms with E-state index in [-0.39, 0.29) is 6.10 Å². The molecule has 0 aromatic heterocycles. The molecular weight excluding hydrogens is 130 g/mol. The zero-order valence-electron chi connectivity index (χ0n) is 6.63. The van der Waals surface area contributed by atoms with Crippen molar-refractivity contribution in [3.63, 3.8) is 0 Å². The van der Waals surface area contributed by atoms with E-state index in [2.05, 4.69) is 4.99 Å². The van der Waals surface area contributed by atoms with E-state index < -0.39 is 0 Å². The molecule has 0 rings (SSSR count). The number of methoxy groups -OCH3 is 1. The van der Waals surface area contributed by atoms with Gasteiger partial charge in [-0.05, 0) is 5.92 Å². The number of rotatable bonds is 4. The van der Waals surface area contributed by atoms with Gasteiger partial charge in [-0.25, -0.2) is 9.79 Å². The topological polar surface area (TPSA) is 38.7 Å². The Morgan fingerprint density at radius 3 is 2.50 bits per heavy atom. The SMILES string of the molecule is COC(CN=C=O)C(C)C. The van der Waals surface area contributed by atoms with E-state index in [0.717, 1.165) is 0 Å². The summed E-state index contributed by atoms with van der Waals surface area (Å²) in [4.78, 5) is 13.1. The molecule has 0 aliphatic rings. The van der Waals surface area contributed by atoms with Crippen molar-refractivity contribution < 1.29 is 9.53 Å². The molecule has 0 aromatic rings. The predicted octanol–water partition coefficient (Wildman–Crippen LogP) is 0.993. The largest absolute Gasteiger partial charge is 0.379 e. The summed E-state index contributed by atoms with van der Waals surface area (Å²) < 4.78 is 5.04. The van der Waals surface area contributed by atoms with Crippen LogP contribution in [0.15, 0.2) is 4.99 Å². The van der Waals surface area contributed by atoms with Gasteiger partial charge in [0.1, 0.15) is 0 Å². The highest BCUT2D eigenvalue weighted by atomic mass is 16.5. The van der Waals surface area contributed by atoms with Crippen molar-refractivity contribution in [2.45, 2.75) is 20.0 Å². The number of hydrogen-bond acceptors (Lipinski definition) is 3. The van der Waals surface area contributed by atoms with Crippen LogP contribution in [-0.4, -0.2) is 25.8 Å². The van der Waals surface area contributed by atoms with Gasteiger partial charge in [-0.1, -0.05) is 13.8 Å². The van der Waals surface area contributed by atoms with Crippen molar-refractivity contribution >= 4 is 6.08 Å². The average Bonchev–Trinajstić information content (AvgIpc) is 1.89. The minimum Gasteiger partial charge on any atom is -0.379 e. The summed E-state index contributed by atoms with van der Waals surface area (Å²) in [6.07, 6.45) is 1.53. The van der Waals surface area contributed by atoms with E-state index in [1.165, 1.54) is 6.08 Å². The lowest BCUT2D eigenvalue weighted by molar-refractivity contribution is 0.0725.